The number of hydrogen-bond donors (Lipinski definition) is 1. The lowest BCUT2D eigenvalue weighted by atomic mass is 9.99. The van der Waals surface area contributed by atoms with E-state index in [2.05, 4.69) is 29.3 Å². The summed E-state index contributed by atoms with van der Waals surface area (Å²) in [6.07, 6.45) is 0.886. The summed E-state index contributed by atoms with van der Waals surface area (Å²) in [5.41, 5.74) is 2.04. The smallest absolute Gasteiger partial charge is 0.262 e. The summed E-state index contributed by atoms with van der Waals surface area (Å²) in [6, 6.07) is 11.3. The average Bonchev–Trinajstić information content (AvgIpc) is 3.30. The second-order valence-electron chi connectivity index (χ2n) is 6.14. The minimum atomic E-state index is -0.314. The Labute approximate surface area is 151 Å². The molecule has 5 nitrogen and oxygen atoms in total. The Morgan fingerprint density at radius 2 is 2.16 bits per heavy atom. The zero-order valence-electron chi connectivity index (χ0n) is 14.5. The highest BCUT2D eigenvalue weighted by molar-refractivity contribution is 7.12. The molecule has 0 aliphatic rings. The number of carbonyl (C=O) groups is 1. The van der Waals surface area contributed by atoms with Crippen LogP contribution in [-0.4, -0.2) is 16.0 Å². The molecule has 0 spiro atoms. The molecule has 0 saturated heterocycles. The normalized spacial score (nSPS) is 13.4. The van der Waals surface area contributed by atoms with Crippen molar-refractivity contribution in [2.75, 3.05) is 0 Å². The van der Waals surface area contributed by atoms with Crippen molar-refractivity contribution in [1.82, 2.24) is 15.5 Å². The number of amides is 1. The van der Waals surface area contributed by atoms with Gasteiger partial charge in [-0.2, -0.15) is 4.98 Å². The number of hydrogen-bond acceptors (Lipinski definition) is 5. The zero-order valence-corrected chi connectivity index (χ0v) is 15.3. The quantitative estimate of drug-likeness (QED) is 0.700. The number of aryl methyl sites for hydroxylation is 1. The summed E-state index contributed by atoms with van der Waals surface area (Å²) in [7, 11) is 0. The van der Waals surface area contributed by atoms with Gasteiger partial charge in [-0.3, -0.25) is 4.79 Å². The van der Waals surface area contributed by atoms with E-state index in [1.807, 2.05) is 42.6 Å². The van der Waals surface area contributed by atoms with Crippen LogP contribution in [0.2, 0.25) is 0 Å². The van der Waals surface area contributed by atoms with E-state index in [1.54, 1.807) is 6.07 Å². The Morgan fingerprint density at radius 1 is 1.32 bits per heavy atom. The lowest BCUT2D eigenvalue weighted by Gasteiger charge is -2.20. The fourth-order valence-corrected chi connectivity index (χ4v) is 3.19. The van der Waals surface area contributed by atoms with Crippen molar-refractivity contribution in [3.8, 4) is 11.4 Å². The molecule has 3 rings (SSSR count). The molecule has 130 valence electrons. The molecule has 1 amide bonds. The molecular weight excluding hydrogens is 334 g/mol. The Hall–Kier alpha value is -2.47. The highest BCUT2D eigenvalue weighted by Gasteiger charge is 2.27. The largest absolute Gasteiger partial charge is 0.339 e. The van der Waals surface area contributed by atoms with Crippen molar-refractivity contribution in [2.45, 2.75) is 33.2 Å². The molecule has 0 radical (unpaired) electrons. The minimum Gasteiger partial charge on any atom is -0.339 e. The van der Waals surface area contributed by atoms with Crippen molar-refractivity contribution in [3.05, 3.63) is 58.1 Å². The molecule has 0 unspecified atom stereocenters. The summed E-state index contributed by atoms with van der Waals surface area (Å²) in [4.78, 5) is 17.6. The van der Waals surface area contributed by atoms with Crippen LogP contribution in [0, 0.1) is 12.8 Å². The highest BCUT2D eigenvalue weighted by atomic mass is 32.1. The second-order valence-corrected chi connectivity index (χ2v) is 7.09. The van der Waals surface area contributed by atoms with Crippen LogP contribution in [0.1, 0.15) is 47.4 Å². The van der Waals surface area contributed by atoms with Crippen molar-refractivity contribution in [2.24, 2.45) is 5.92 Å². The van der Waals surface area contributed by atoms with Crippen molar-refractivity contribution < 1.29 is 9.32 Å². The van der Waals surface area contributed by atoms with Gasteiger partial charge in [-0.1, -0.05) is 55.3 Å². The predicted octanol–water partition coefficient (Wildman–Crippen LogP) is 4.62. The summed E-state index contributed by atoms with van der Waals surface area (Å²) in [5.74, 6) is 1.04. The molecule has 2 atom stereocenters. The van der Waals surface area contributed by atoms with E-state index in [0.717, 1.165) is 17.5 Å². The van der Waals surface area contributed by atoms with Gasteiger partial charge in [0, 0.05) is 5.56 Å². The first-order valence-electron chi connectivity index (χ1n) is 8.33. The van der Waals surface area contributed by atoms with Gasteiger partial charge in [0.15, 0.2) is 0 Å². The molecule has 0 fully saturated rings. The summed E-state index contributed by atoms with van der Waals surface area (Å²) in [5, 5.41) is 9.02. The van der Waals surface area contributed by atoms with Crippen LogP contribution < -0.4 is 5.32 Å². The second kappa shape index (κ2) is 7.61. The van der Waals surface area contributed by atoms with E-state index >= 15 is 0 Å². The Balaban J connectivity index is 1.85. The third-order valence-electron chi connectivity index (χ3n) is 4.23. The number of nitrogens with zero attached hydrogens (tertiary/aromatic N) is 2. The number of benzene rings is 1. The number of aromatic nitrogens is 2. The zero-order chi connectivity index (χ0) is 17.8. The first-order chi connectivity index (χ1) is 12.1. The Morgan fingerprint density at radius 3 is 2.84 bits per heavy atom. The van der Waals surface area contributed by atoms with Gasteiger partial charge in [0.25, 0.3) is 5.91 Å². The van der Waals surface area contributed by atoms with Gasteiger partial charge in [0.1, 0.15) is 6.04 Å². The van der Waals surface area contributed by atoms with Gasteiger partial charge >= 0.3 is 0 Å². The first kappa shape index (κ1) is 17.4. The van der Waals surface area contributed by atoms with Crippen LogP contribution in [0.4, 0.5) is 0 Å². The molecule has 3 aromatic rings. The summed E-state index contributed by atoms with van der Waals surface area (Å²) in [6.45, 7) is 6.16. The lowest BCUT2D eigenvalue weighted by molar-refractivity contribution is 0.0914. The van der Waals surface area contributed by atoms with Crippen molar-refractivity contribution in [1.29, 1.82) is 0 Å². The molecule has 6 heteroatoms. The SMILES string of the molecule is CC[C@@H](C)[C@@H](NC(=O)c1cccs1)c1nc(-c2cccc(C)c2)no1. The van der Waals surface area contributed by atoms with Crippen molar-refractivity contribution >= 4 is 17.2 Å². The van der Waals surface area contributed by atoms with Crippen LogP contribution in [0.15, 0.2) is 46.3 Å². The molecule has 25 heavy (non-hydrogen) atoms. The van der Waals surface area contributed by atoms with Crippen LogP contribution in [-0.2, 0) is 0 Å². The van der Waals surface area contributed by atoms with E-state index in [1.165, 1.54) is 11.3 Å². The maximum Gasteiger partial charge on any atom is 0.262 e. The van der Waals surface area contributed by atoms with Gasteiger partial charge in [-0.05, 0) is 30.4 Å². The number of nitrogens with one attached hydrogen (secondary N) is 1. The number of carbonyl (C=O) groups excluding carboxylic acids is 1. The highest BCUT2D eigenvalue weighted by Crippen LogP contribution is 2.26. The van der Waals surface area contributed by atoms with Gasteiger partial charge < -0.3 is 9.84 Å². The van der Waals surface area contributed by atoms with Gasteiger partial charge in [-0.25, -0.2) is 0 Å². The minimum absolute atomic E-state index is 0.115. The Kier molecular flexibility index (Phi) is 5.28. The molecule has 2 aromatic heterocycles. The monoisotopic (exact) mass is 355 g/mol. The van der Waals surface area contributed by atoms with Crippen LogP contribution in [0.3, 0.4) is 0 Å². The molecule has 0 aliphatic heterocycles. The van der Waals surface area contributed by atoms with E-state index in [-0.39, 0.29) is 17.9 Å². The van der Waals surface area contributed by atoms with E-state index in [0.29, 0.717) is 16.6 Å². The van der Waals surface area contributed by atoms with Crippen LogP contribution >= 0.6 is 11.3 Å². The van der Waals surface area contributed by atoms with Gasteiger partial charge in [0.05, 0.1) is 4.88 Å². The topological polar surface area (TPSA) is 68.0 Å². The van der Waals surface area contributed by atoms with Gasteiger partial charge in [-0.15, -0.1) is 11.3 Å². The fraction of sp³-hybridized carbons (Fsp3) is 0.316. The average molecular weight is 355 g/mol. The maximum absolute atomic E-state index is 12.4. The third kappa shape index (κ3) is 3.96. The molecule has 2 heterocycles. The van der Waals surface area contributed by atoms with E-state index in [9.17, 15) is 4.79 Å². The fourth-order valence-electron chi connectivity index (χ4n) is 2.57. The number of rotatable bonds is 6. The summed E-state index contributed by atoms with van der Waals surface area (Å²) >= 11 is 1.41. The summed E-state index contributed by atoms with van der Waals surface area (Å²) < 4.78 is 5.49. The lowest BCUT2D eigenvalue weighted by Crippen LogP contribution is -2.32. The predicted molar refractivity (Wildman–Crippen MR) is 98.5 cm³/mol. The van der Waals surface area contributed by atoms with Crippen molar-refractivity contribution in [3.63, 3.8) is 0 Å². The maximum atomic E-state index is 12.4. The Bertz CT molecular complexity index is 842. The molecular formula is C19H21N3O2S. The van der Waals surface area contributed by atoms with E-state index < -0.39 is 0 Å². The molecule has 0 bridgehead atoms. The molecule has 1 N–H and O–H groups in total. The van der Waals surface area contributed by atoms with Crippen LogP contribution in [0.5, 0.6) is 0 Å². The van der Waals surface area contributed by atoms with Gasteiger partial charge in [0.2, 0.25) is 11.7 Å². The number of thiophene rings is 1. The standard InChI is InChI=1S/C19H21N3O2S/c1-4-13(3)16(20-18(23)15-9-6-10-25-15)19-21-17(22-24-19)14-8-5-7-12(2)11-14/h5-11,13,16H,4H2,1-3H3,(H,20,23)/t13-,16-/m1/s1. The third-order valence-corrected chi connectivity index (χ3v) is 5.10. The molecule has 1 aromatic carbocycles. The first-order valence-corrected chi connectivity index (χ1v) is 9.21. The van der Waals surface area contributed by atoms with Crippen LogP contribution in [0.25, 0.3) is 11.4 Å². The molecule has 0 saturated carbocycles. The molecule has 0 aliphatic carbocycles. The van der Waals surface area contributed by atoms with E-state index in [4.69, 9.17) is 4.52 Å².